The number of ether oxygens (including phenoxy) is 1. The van der Waals surface area contributed by atoms with E-state index in [1.165, 1.54) is 11.8 Å². The Labute approximate surface area is 148 Å². The highest BCUT2D eigenvalue weighted by Crippen LogP contribution is 2.39. The highest BCUT2D eigenvalue weighted by molar-refractivity contribution is 8.00. The van der Waals surface area contributed by atoms with Crippen LogP contribution < -0.4 is 10.1 Å². The quantitative estimate of drug-likeness (QED) is 0.750. The van der Waals surface area contributed by atoms with Gasteiger partial charge in [0.1, 0.15) is 12.4 Å². The molecule has 2 heterocycles. The van der Waals surface area contributed by atoms with E-state index in [1.807, 2.05) is 36.5 Å². The second-order valence-corrected chi connectivity index (χ2v) is 6.77. The van der Waals surface area contributed by atoms with Crippen LogP contribution in [0.4, 0.5) is 5.69 Å². The van der Waals surface area contributed by atoms with Gasteiger partial charge in [-0.1, -0.05) is 23.7 Å². The van der Waals surface area contributed by atoms with Gasteiger partial charge in [0.15, 0.2) is 0 Å². The third-order valence-electron chi connectivity index (χ3n) is 3.84. The van der Waals surface area contributed by atoms with Crippen LogP contribution in [0.2, 0.25) is 5.02 Å². The van der Waals surface area contributed by atoms with Crippen molar-refractivity contribution in [1.82, 2.24) is 4.98 Å². The molecule has 0 unspecified atom stereocenters. The smallest absolute Gasteiger partial charge is 0.234 e. The minimum atomic E-state index is 0.00300. The molecule has 1 amide bonds. The molecule has 2 aromatic carbocycles. The molecule has 24 heavy (non-hydrogen) atoms. The number of carbonyl (C=O) groups is 1. The first kappa shape index (κ1) is 15.3. The van der Waals surface area contributed by atoms with Crippen LogP contribution in [-0.2, 0) is 11.4 Å². The maximum absolute atomic E-state index is 11.5. The molecule has 0 radical (unpaired) electrons. The van der Waals surface area contributed by atoms with Gasteiger partial charge in [0.05, 0.1) is 11.4 Å². The lowest BCUT2D eigenvalue weighted by Crippen LogP contribution is -2.19. The van der Waals surface area contributed by atoms with Crippen molar-refractivity contribution in [2.45, 2.75) is 11.5 Å². The largest absolute Gasteiger partial charge is 0.488 e. The number of benzene rings is 2. The second-order valence-electron chi connectivity index (χ2n) is 5.38. The van der Waals surface area contributed by atoms with Crippen molar-refractivity contribution in [1.29, 1.82) is 0 Å². The predicted octanol–water partition coefficient (Wildman–Crippen LogP) is 4.51. The molecular weight excluding hydrogens is 344 g/mol. The Bertz CT molecular complexity index is 940. The number of aromatic nitrogens is 1. The molecule has 0 saturated carbocycles. The van der Waals surface area contributed by atoms with E-state index in [-0.39, 0.29) is 5.91 Å². The lowest BCUT2D eigenvalue weighted by molar-refractivity contribution is -0.113. The Balaban J connectivity index is 1.66. The van der Waals surface area contributed by atoms with Gasteiger partial charge in [0.2, 0.25) is 5.91 Å². The van der Waals surface area contributed by atoms with Crippen molar-refractivity contribution in [3.63, 3.8) is 0 Å². The van der Waals surface area contributed by atoms with Crippen LogP contribution in [0.25, 0.3) is 10.8 Å². The molecule has 6 heteroatoms. The summed E-state index contributed by atoms with van der Waals surface area (Å²) in [6.07, 6.45) is 3.56. The van der Waals surface area contributed by atoms with Crippen molar-refractivity contribution < 1.29 is 9.53 Å². The van der Waals surface area contributed by atoms with E-state index in [0.29, 0.717) is 17.4 Å². The Morgan fingerprint density at radius 3 is 3.08 bits per heavy atom. The average molecular weight is 357 g/mol. The van der Waals surface area contributed by atoms with E-state index in [4.69, 9.17) is 16.3 Å². The number of rotatable bonds is 3. The fourth-order valence-electron chi connectivity index (χ4n) is 2.69. The third kappa shape index (κ3) is 2.81. The maximum Gasteiger partial charge on any atom is 0.234 e. The summed E-state index contributed by atoms with van der Waals surface area (Å²) in [6.45, 7) is 0.340. The maximum atomic E-state index is 11.5. The molecular formula is C18H13ClN2O2S. The van der Waals surface area contributed by atoms with Crippen molar-refractivity contribution >= 4 is 45.7 Å². The summed E-state index contributed by atoms with van der Waals surface area (Å²) >= 11 is 7.86. The summed E-state index contributed by atoms with van der Waals surface area (Å²) in [4.78, 5) is 16.7. The summed E-state index contributed by atoms with van der Waals surface area (Å²) in [5.74, 6) is 1.18. The number of thioether (sulfide) groups is 1. The number of carbonyl (C=O) groups excluding carboxylic acids is 1. The molecule has 1 aliphatic rings. The average Bonchev–Trinajstić information content (AvgIpc) is 2.61. The molecule has 0 fully saturated rings. The van der Waals surface area contributed by atoms with Crippen LogP contribution in [0.1, 0.15) is 5.56 Å². The molecule has 4 rings (SSSR count). The summed E-state index contributed by atoms with van der Waals surface area (Å²) in [5, 5.41) is 5.55. The number of hydrogen-bond donors (Lipinski definition) is 1. The number of amides is 1. The van der Waals surface area contributed by atoms with Crippen LogP contribution in [0.5, 0.6) is 5.75 Å². The number of nitrogens with zero attached hydrogens (tertiary/aromatic N) is 1. The lowest BCUT2D eigenvalue weighted by atomic mass is 10.1. The summed E-state index contributed by atoms with van der Waals surface area (Å²) in [7, 11) is 0. The topological polar surface area (TPSA) is 51.2 Å². The fourth-order valence-corrected chi connectivity index (χ4v) is 3.93. The fraction of sp³-hybridized carbons (Fsp3) is 0.111. The first-order chi connectivity index (χ1) is 11.7. The molecule has 0 atom stereocenters. The van der Waals surface area contributed by atoms with Crippen molar-refractivity contribution in [2.24, 2.45) is 0 Å². The summed E-state index contributed by atoms with van der Waals surface area (Å²) in [6, 6.07) is 11.4. The Hall–Kier alpha value is -2.24. The standard InChI is InChI=1S/C18H13ClN2O2S/c19-14-4-5-15-18(24-10-17(22)21-15)13(14)9-23-16-3-1-2-11-8-20-7-6-12(11)16/h1-8H,9-10H2,(H,21,22). The van der Waals surface area contributed by atoms with Crippen LogP contribution in [-0.4, -0.2) is 16.6 Å². The molecule has 1 aliphatic heterocycles. The summed E-state index contributed by atoms with van der Waals surface area (Å²) in [5.41, 5.74) is 1.69. The molecule has 0 aliphatic carbocycles. The molecule has 0 bridgehead atoms. The van der Waals surface area contributed by atoms with Crippen LogP contribution >= 0.6 is 23.4 Å². The molecule has 120 valence electrons. The second kappa shape index (κ2) is 6.34. The Kier molecular flexibility index (Phi) is 4.04. The highest BCUT2D eigenvalue weighted by Gasteiger charge is 2.20. The Morgan fingerprint density at radius 1 is 1.25 bits per heavy atom. The molecule has 4 nitrogen and oxygen atoms in total. The van der Waals surface area contributed by atoms with E-state index in [9.17, 15) is 4.79 Å². The van der Waals surface area contributed by atoms with E-state index in [1.54, 1.807) is 12.3 Å². The van der Waals surface area contributed by atoms with E-state index in [0.717, 1.165) is 32.7 Å². The molecule has 1 N–H and O–H groups in total. The lowest BCUT2D eigenvalue weighted by Gasteiger charge is -2.21. The number of fused-ring (bicyclic) bond motifs is 2. The van der Waals surface area contributed by atoms with Gasteiger partial charge < -0.3 is 10.1 Å². The molecule has 0 spiro atoms. The zero-order valence-corrected chi connectivity index (χ0v) is 14.2. The highest BCUT2D eigenvalue weighted by atomic mass is 35.5. The van der Waals surface area contributed by atoms with Crippen LogP contribution in [0, 0.1) is 0 Å². The molecule has 1 aromatic heterocycles. The monoisotopic (exact) mass is 356 g/mol. The van der Waals surface area contributed by atoms with Gasteiger partial charge in [0, 0.05) is 38.6 Å². The zero-order valence-electron chi connectivity index (χ0n) is 12.6. The van der Waals surface area contributed by atoms with Gasteiger partial charge in [-0.25, -0.2) is 0 Å². The number of nitrogens with one attached hydrogen (secondary N) is 1. The zero-order chi connectivity index (χ0) is 16.5. The van der Waals surface area contributed by atoms with Gasteiger partial charge in [-0.05, 0) is 24.3 Å². The van der Waals surface area contributed by atoms with Gasteiger partial charge in [-0.2, -0.15) is 0 Å². The SMILES string of the molecule is O=C1CSc2c(ccc(Cl)c2COc2cccc3cnccc23)N1. The van der Waals surface area contributed by atoms with Gasteiger partial charge in [0.25, 0.3) is 0 Å². The number of halogens is 1. The number of pyridine rings is 1. The van der Waals surface area contributed by atoms with Crippen molar-refractivity contribution in [2.75, 3.05) is 11.1 Å². The Morgan fingerprint density at radius 2 is 2.17 bits per heavy atom. The minimum absolute atomic E-state index is 0.00300. The van der Waals surface area contributed by atoms with E-state index in [2.05, 4.69) is 10.3 Å². The predicted molar refractivity (Wildman–Crippen MR) is 96.9 cm³/mol. The third-order valence-corrected chi connectivity index (χ3v) is 5.35. The minimum Gasteiger partial charge on any atom is -0.488 e. The van der Waals surface area contributed by atoms with Gasteiger partial charge in [-0.3, -0.25) is 9.78 Å². The van der Waals surface area contributed by atoms with Crippen molar-refractivity contribution in [3.8, 4) is 5.75 Å². The van der Waals surface area contributed by atoms with Gasteiger partial charge >= 0.3 is 0 Å². The van der Waals surface area contributed by atoms with Crippen molar-refractivity contribution in [3.05, 3.63) is 59.4 Å². The molecule has 0 saturated heterocycles. The van der Waals surface area contributed by atoms with Gasteiger partial charge in [-0.15, -0.1) is 11.8 Å². The normalized spacial score (nSPS) is 13.5. The van der Waals surface area contributed by atoms with Crippen LogP contribution in [0.15, 0.2) is 53.7 Å². The van der Waals surface area contributed by atoms with E-state index < -0.39 is 0 Å². The number of anilines is 1. The van der Waals surface area contributed by atoms with Crippen LogP contribution in [0.3, 0.4) is 0 Å². The number of hydrogen-bond acceptors (Lipinski definition) is 4. The first-order valence-electron chi connectivity index (χ1n) is 7.42. The molecule has 3 aromatic rings. The summed E-state index contributed by atoms with van der Waals surface area (Å²) < 4.78 is 6.04. The van der Waals surface area contributed by atoms with E-state index >= 15 is 0 Å². The first-order valence-corrected chi connectivity index (χ1v) is 8.78.